The van der Waals surface area contributed by atoms with Gasteiger partial charge in [-0.15, -0.1) is 0 Å². The fraction of sp³-hybridized carbons (Fsp3) is 0.143. The van der Waals surface area contributed by atoms with E-state index in [1.807, 2.05) is 17.7 Å². The Hall–Kier alpha value is -0.360. The summed E-state index contributed by atoms with van der Waals surface area (Å²) < 4.78 is 3.10. The highest BCUT2D eigenvalue weighted by atomic mass is 127. The molecular weight excluding hydrogens is 288 g/mol. The molecule has 5 heteroatoms. The second-order valence-electron chi connectivity index (χ2n) is 2.44. The maximum absolute atomic E-state index is 5.66. The van der Waals surface area contributed by atoms with E-state index in [4.69, 9.17) is 11.6 Å². The molecular formula is C7H5ClIN3. The quantitative estimate of drug-likeness (QED) is 0.551. The fourth-order valence-electron chi connectivity index (χ4n) is 1.06. The van der Waals surface area contributed by atoms with Gasteiger partial charge in [0.25, 0.3) is 0 Å². The number of aryl methyl sites for hydroxylation is 1. The van der Waals surface area contributed by atoms with Gasteiger partial charge in [-0.25, -0.2) is 4.98 Å². The molecule has 0 saturated carbocycles. The van der Waals surface area contributed by atoms with Gasteiger partial charge in [-0.05, 0) is 40.3 Å². The van der Waals surface area contributed by atoms with Gasteiger partial charge in [-0.1, -0.05) is 0 Å². The number of hydrogen-bond acceptors (Lipinski definition) is 2. The molecule has 2 heterocycles. The minimum atomic E-state index is 0.292. The molecule has 0 atom stereocenters. The zero-order valence-electron chi connectivity index (χ0n) is 6.25. The molecule has 3 nitrogen and oxygen atoms in total. The van der Waals surface area contributed by atoms with Crippen LogP contribution in [0.3, 0.4) is 0 Å². The molecule has 62 valence electrons. The van der Waals surface area contributed by atoms with E-state index in [1.165, 1.54) is 0 Å². The van der Waals surface area contributed by atoms with Crippen LogP contribution in [0.4, 0.5) is 0 Å². The van der Waals surface area contributed by atoms with Gasteiger partial charge in [0.2, 0.25) is 5.28 Å². The van der Waals surface area contributed by atoms with Crippen molar-refractivity contribution < 1.29 is 0 Å². The highest BCUT2D eigenvalue weighted by molar-refractivity contribution is 14.1. The van der Waals surface area contributed by atoms with Crippen LogP contribution in [0.5, 0.6) is 0 Å². The van der Waals surface area contributed by atoms with Gasteiger partial charge in [-0.2, -0.15) is 4.98 Å². The second kappa shape index (κ2) is 2.85. The fourth-order valence-corrected chi connectivity index (χ4v) is 1.75. The van der Waals surface area contributed by atoms with Crippen molar-refractivity contribution in [3.05, 3.63) is 21.2 Å². The maximum Gasteiger partial charge on any atom is 0.224 e. The van der Waals surface area contributed by atoms with E-state index in [0.29, 0.717) is 5.28 Å². The number of halogens is 2. The summed E-state index contributed by atoms with van der Waals surface area (Å²) in [7, 11) is 1.95. The van der Waals surface area contributed by atoms with E-state index in [9.17, 15) is 0 Å². The molecule has 0 amide bonds. The van der Waals surface area contributed by atoms with E-state index in [1.54, 1.807) is 6.20 Å². The predicted octanol–water partition coefficient (Wildman–Crippen LogP) is 2.23. The largest absolute Gasteiger partial charge is 0.324 e. The van der Waals surface area contributed by atoms with Gasteiger partial charge in [-0.3, -0.25) is 0 Å². The standard InChI is InChI=1S/C7H5ClIN3/c1-12-5(9)2-4-3-10-7(8)11-6(4)12/h2-3H,1H3. The number of hydrogen-bond donors (Lipinski definition) is 0. The van der Waals surface area contributed by atoms with Crippen molar-refractivity contribution >= 4 is 45.2 Å². The summed E-state index contributed by atoms with van der Waals surface area (Å²) in [6, 6.07) is 2.02. The summed E-state index contributed by atoms with van der Waals surface area (Å²) in [6.07, 6.45) is 1.73. The predicted molar refractivity (Wildman–Crippen MR) is 56.2 cm³/mol. The third kappa shape index (κ3) is 1.19. The van der Waals surface area contributed by atoms with Crippen LogP contribution >= 0.6 is 34.2 Å². The minimum absolute atomic E-state index is 0.292. The van der Waals surface area contributed by atoms with Crippen molar-refractivity contribution in [2.45, 2.75) is 0 Å². The molecule has 2 aromatic heterocycles. The Bertz CT molecular complexity index is 437. The van der Waals surface area contributed by atoms with Crippen molar-refractivity contribution in [3.8, 4) is 0 Å². The SMILES string of the molecule is Cn1c(I)cc2cnc(Cl)nc21. The summed E-state index contributed by atoms with van der Waals surface area (Å²) >= 11 is 7.90. The molecule has 0 spiro atoms. The average Bonchev–Trinajstić information content (AvgIpc) is 2.31. The van der Waals surface area contributed by atoms with Crippen LogP contribution in [-0.4, -0.2) is 14.5 Å². The molecule has 0 N–H and O–H groups in total. The average molecular weight is 293 g/mol. The summed E-state index contributed by atoms with van der Waals surface area (Å²) in [5, 5.41) is 1.31. The lowest BCUT2D eigenvalue weighted by molar-refractivity contribution is 0.916. The lowest BCUT2D eigenvalue weighted by Gasteiger charge is -1.95. The number of aromatic nitrogens is 3. The molecule has 2 rings (SSSR count). The van der Waals surface area contributed by atoms with E-state index in [2.05, 4.69) is 32.6 Å². The maximum atomic E-state index is 5.66. The molecule has 0 aromatic carbocycles. The third-order valence-corrected chi connectivity index (χ3v) is 2.90. The lowest BCUT2D eigenvalue weighted by Crippen LogP contribution is -1.92. The molecule has 2 aromatic rings. The Labute approximate surface area is 87.9 Å². The van der Waals surface area contributed by atoms with E-state index in [0.717, 1.165) is 14.7 Å². The molecule has 0 radical (unpaired) electrons. The highest BCUT2D eigenvalue weighted by Crippen LogP contribution is 2.18. The molecule has 12 heavy (non-hydrogen) atoms. The van der Waals surface area contributed by atoms with Crippen LogP contribution in [0.15, 0.2) is 12.3 Å². The molecule has 0 fully saturated rings. The van der Waals surface area contributed by atoms with Gasteiger partial charge in [0, 0.05) is 18.6 Å². The highest BCUT2D eigenvalue weighted by Gasteiger charge is 2.04. The zero-order chi connectivity index (χ0) is 8.72. The van der Waals surface area contributed by atoms with Gasteiger partial charge >= 0.3 is 0 Å². The van der Waals surface area contributed by atoms with E-state index in [-0.39, 0.29) is 0 Å². The van der Waals surface area contributed by atoms with Crippen LogP contribution in [0, 0.1) is 3.70 Å². The smallest absolute Gasteiger partial charge is 0.224 e. The molecule has 0 saturated heterocycles. The Morgan fingerprint density at radius 3 is 3.08 bits per heavy atom. The van der Waals surface area contributed by atoms with Crippen molar-refractivity contribution in [1.82, 2.24) is 14.5 Å². The monoisotopic (exact) mass is 293 g/mol. The second-order valence-corrected chi connectivity index (χ2v) is 3.89. The molecule has 0 aliphatic rings. The van der Waals surface area contributed by atoms with Crippen LogP contribution < -0.4 is 0 Å². The number of fused-ring (bicyclic) bond motifs is 1. The Balaban J connectivity index is 2.88. The van der Waals surface area contributed by atoms with E-state index >= 15 is 0 Å². The topological polar surface area (TPSA) is 30.7 Å². The number of nitrogens with zero attached hydrogens (tertiary/aromatic N) is 3. The normalized spacial score (nSPS) is 10.9. The summed E-state index contributed by atoms with van der Waals surface area (Å²) in [4.78, 5) is 8.01. The Kier molecular flexibility index (Phi) is 1.96. The van der Waals surface area contributed by atoms with Gasteiger partial charge < -0.3 is 4.57 Å². The lowest BCUT2D eigenvalue weighted by atomic mass is 10.4. The van der Waals surface area contributed by atoms with Crippen molar-refractivity contribution in [1.29, 1.82) is 0 Å². The first-order valence-corrected chi connectivity index (χ1v) is 4.77. The molecule has 0 unspecified atom stereocenters. The number of rotatable bonds is 0. The Morgan fingerprint density at radius 1 is 1.58 bits per heavy atom. The van der Waals surface area contributed by atoms with Crippen molar-refractivity contribution in [2.24, 2.45) is 7.05 Å². The van der Waals surface area contributed by atoms with Crippen LogP contribution in [-0.2, 0) is 7.05 Å². The van der Waals surface area contributed by atoms with Crippen LogP contribution in [0.25, 0.3) is 11.0 Å². The van der Waals surface area contributed by atoms with Gasteiger partial charge in [0.05, 0.1) is 3.70 Å². The first kappa shape index (κ1) is 8.25. The summed E-state index contributed by atoms with van der Waals surface area (Å²) in [5.74, 6) is 0. The van der Waals surface area contributed by atoms with E-state index < -0.39 is 0 Å². The first-order valence-electron chi connectivity index (χ1n) is 3.32. The molecule has 0 bridgehead atoms. The molecule has 0 aliphatic carbocycles. The Morgan fingerprint density at radius 2 is 2.33 bits per heavy atom. The third-order valence-electron chi connectivity index (χ3n) is 1.68. The van der Waals surface area contributed by atoms with Gasteiger partial charge in [0.15, 0.2) is 0 Å². The summed E-state index contributed by atoms with van der Waals surface area (Å²) in [6.45, 7) is 0. The van der Waals surface area contributed by atoms with Gasteiger partial charge in [0.1, 0.15) is 5.65 Å². The zero-order valence-corrected chi connectivity index (χ0v) is 9.17. The first-order chi connectivity index (χ1) is 5.68. The van der Waals surface area contributed by atoms with Crippen molar-refractivity contribution in [3.63, 3.8) is 0 Å². The molecule has 0 aliphatic heterocycles. The van der Waals surface area contributed by atoms with Crippen molar-refractivity contribution in [2.75, 3.05) is 0 Å². The summed E-state index contributed by atoms with van der Waals surface area (Å²) in [5.41, 5.74) is 0.874. The minimum Gasteiger partial charge on any atom is -0.324 e. The van der Waals surface area contributed by atoms with Crippen LogP contribution in [0.1, 0.15) is 0 Å². The van der Waals surface area contributed by atoms with Crippen LogP contribution in [0.2, 0.25) is 5.28 Å².